The monoisotopic (exact) mass is 390 g/mol. The van der Waals surface area contributed by atoms with Crippen LogP contribution in [0.1, 0.15) is 32.3 Å². The Balaban J connectivity index is 0.00000288. The first-order valence-electron chi connectivity index (χ1n) is 8.07. The zero-order valence-corrected chi connectivity index (χ0v) is 16.2. The number of rotatable bonds is 6. The molecule has 2 rings (SSSR count). The van der Waals surface area contributed by atoms with Crippen LogP contribution in [0.3, 0.4) is 0 Å². The zero-order valence-electron chi connectivity index (χ0n) is 14.6. The van der Waals surface area contributed by atoms with Crippen LogP contribution in [0, 0.1) is 5.92 Å². The summed E-state index contributed by atoms with van der Waals surface area (Å²) in [7, 11) is 0. The van der Waals surface area contributed by atoms with E-state index in [1.807, 2.05) is 38.1 Å². The van der Waals surface area contributed by atoms with Gasteiger partial charge in [0.2, 0.25) is 11.8 Å². The first-order chi connectivity index (χ1) is 10.9. The van der Waals surface area contributed by atoms with Crippen molar-refractivity contribution in [3.63, 3.8) is 0 Å². The Hall–Kier alpha value is -1.34. The van der Waals surface area contributed by atoms with Crippen LogP contribution in [0.2, 0.25) is 0 Å². The smallest absolute Gasteiger partial charge is 0.234 e. The number of benzene rings is 1. The second kappa shape index (κ2) is 10.6. The highest BCUT2D eigenvalue weighted by molar-refractivity contribution is 5.92. The fourth-order valence-corrected chi connectivity index (χ4v) is 2.81. The highest BCUT2D eigenvalue weighted by Crippen LogP contribution is 2.21. The first kappa shape index (κ1) is 23.7. The third kappa shape index (κ3) is 6.47. The molecule has 0 saturated carbocycles. The van der Waals surface area contributed by atoms with Crippen molar-refractivity contribution < 1.29 is 9.59 Å². The Labute approximate surface area is 161 Å². The van der Waals surface area contributed by atoms with Gasteiger partial charge in [0.25, 0.3) is 0 Å². The molecule has 1 saturated heterocycles. The molecule has 0 spiro atoms. The Bertz CT molecular complexity index is 584. The van der Waals surface area contributed by atoms with Gasteiger partial charge in [-0.15, -0.1) is 24.8 Å². The highest BCUT2D eigenvalue weighted by Gasteiger charge is 2.28. The molecule has 1 heterocycles. The minimum atomic E-state index is -0.266. The van der Waals surface area contributed by atoms with Crippen molar-refractivity contribution in [2.45, 2.75) is 45.3 Å². The fourth-order valence-electron chi connectivity index (χ4n) is 2.81. The predicted molar refractivity (Wildman–Crippen MR) is 105 cm³/mol. The van der Waals surface area contributed by atoms with E-state index in [9.17, 15) is 9.59 Å². The molecule has 6 nitrogen and oxygen atoms in total. The van der Waals surface area contributed by atoms with Crippen LogP contribution in [-0.4, -0.2) is 35.3 Å². The number of nitrogens with one attached hydrogen (secondary N) is 1. The number of nitrogens with zero attached hydrogens (tertiary/aromatic N) is 1. The van der Waals surface area contributed by atoms with Gasteiger partial charge in [-0.05, 0) is 44.0 Å². The molecule has 1 aromatic rings. The van der Waals surface area contributed by atoms with Crippen LogP contribution in [0.25, 0.3) is 0 Å². The van der Waals surface area contributed by atoms with Crippen LogP contribution >= 0.6 is 24.8 Å². The van der Waals surface area contributed by atoms with E-state index in [-0.39, 0.29) is 54.6 Å². The summed E-state index contributed by atoms with van der Waals surface area (Å²) in [6.45, 7) is 5.15. The van der Waals surface area contributed by atoms with Gasteiger partial charge in [0.05, 0.1) is 12.0 Å². The summed E-state index contributed by atoms with van der Waals surface area (Å²) >= 11 is 0. The lowest BCUT2D eigenvalue weighted by Gasteiger charge is -2.22. The molecule has 3 unspecified atom stereocenters. The number of amides is 2. The third-order valence-corrected chi connectivity index (χ3v) is 4.47. The molecule has 2 amide bonds. The van der Waals surface area contributed by atoms with Gasteiger partial charge in [-0.2, -0.15) is 0 Å². The second-order valence-electron chi connectivity index (χ2n) is 6.37. The maximum absolute atomic E-state index is 12.1. The fraction of sp³-hybridized carbons (Fsp3) is 0.529. The van der Waals surface area contributed by atoms with E-state index in [1.165, 1.54) is 0 Å². The molecule has 5 N–H and O–H groups in total. The zero-order chi connectivity index (χ0) is 17.0. The molecule has 0 radical (unpaired) electrons. The Morgan fingerprint density at radius 2 is 2.00 bits per heavy atom. The Morgan fingerprint density at radius 1 is 1.32 bits per heavy atom. The predicted octanol–water partition coefficient (Wildman–Crippen LogP) is 1.90. The van der Waals surface area contributed by atoms with Crippen molar-refractivity contribution in [1.82, 2.24) is 4.90 Å². The number of primary amides is 1. The van der Waals surface area contributed by atoms with E-state index in [1.54, 1.807) is 0 Å². The molecule has 1 aromatic carbocycles. The number of carbonyl (C=O) groups is 2. The number of carbonyl (C=O) groups excluding carboxylic acids is 2. The summed E-state index contributed by atoms with van der Waals surface area (Å²) in [6, 6.07) is 7.29. The maximum Gasteiger partial charge on any atom is 0.234 e. The number of hydrogen-bond donors (Lipinski definition) is 3. The average Bonchev–Trinajstić information content (AvgIpc) is 2.95. The van der Waals surface area contributed by atoms with E-state index in [0.29, 0.717) is 6.54 Å². The average molecular weight is 391 g/mol. The summed E-state index contributed by atoms with van der Waals surface area (Å²) in [5.41, 5.74) is 13.0. The molecule has 8 heteroatoms. The number of likely N-dealkylation sites (tertiary alicyclic amines) is 1. The molecule has 0 bridgehead atoms. The summed E-state index contributed by atoms with van der Waals surface area (Å²) in [5, 5.41) is 2.89. The van der Waals surface area contributed by atoms with Gasteiger partial charge in [0.15, 0.2) is 0 Å². The summed E-state index contributed by atoms with van der Waals surface area (Å²) < 4.78 is 0. The van der Waals surface area contributed by atoms with Crippen molar-refractivity contribution in [1.29, 1.82) is 0 Å². The van der Waals surface area contributed by atoms with E-state index < -0.39 is 0 Å². The van der Waals surface area contributed by atoms with Crippen molar-refractivity contribution in [3.8, 4) is 0 Å². The van der Waals surface area contributed by atoms with Gasteiger partial charge >= 0.3 is 0 Å². The normalized spacial score (nSPS) is 19.2. The van der Waals surface area contributed by atoms with Crippen molar-refractivity contribution in [3.05, 3.63) is 29.8 Å². The molecule has 0 aromatic heterocycles. The quantitative estimate of drug-likeness (QED) is 0.689. The lowest BCUT2D eigenvalue weighted by molar-refractivity contribution is -0.122. The number of anilines is 1. The lowest BCUT2D eigenvalue weighted by Crippen LogP contribution is -2.39. The van der Waals surface area contributed by atoms with Crippen molar-refractivity contribution in [2.75, 3.05) is 11.9 Å². The number of halogens is 2. The molecule has 25 heavy (non-hydrogen) atoms. The molecule has 1 fully saturated rings. The molecule has 1 aliphatic heterocycles. The summed E-state index contributed by atoms with van der Waals surface area (Å²) in [5.74, 6) is -0.609. The molecule has 0 aliphatic carbocycles. The SMILES string of the molecule is CC(N)C(C)C(=O)Nc1cccc(CN2CCCC2C(N)=O)c1.Cl.Cl. The largest absolute Gasteiger partial charge is 0.368 e. The Kier molecular flexibility index (Phi) is 10.0. The maximum atomic E-state index is 12.1. The van der Waals surface area contributed by atoms with E-state index >= 15 is 0 Å². The topological polar surface area (TPSA) is 101 Å². The minimum absolute atomic E-state index is 0. The summed E-state index contributed by atoms with van der Waals surface area (Å²) in [4.78, 5) is 25.6. The van der Waals surface area contributed by atoms with Gasteiger partial charge in [-0.3, -0.25) is 14.5 Å². The Morgan fingerprint density at radius 3 is 2.60 bits per heavy atom. The lowest BCUT2D eigenvalue weighted by atomic mass is 10.0. The van der Waals surface area contributed by atoms with E-state index in [0.717, 1.165) is 30.6 Å². The van der Waals surface area contributed by atoms with Crippen molar-refractivity contribution in [2.24, 2.45) is 17.4 Å². The third-order valence-electron chi connectivity index (χ3n) is 4.47. The molecular weight excluding hydrogens is 363 g/mol. The first-order valence-corrected chi connectivity index (χ1v) is 8.07. The highest BCUT2D eigenvalue weighted by atomic mass is 35.5. The second-order valence-corrected chi connectivity index (χ2v) is 6.37. The molecule has 1 aliphatic rings. The van der Waals surface area contributed by atoms with Gasteiger partial charge in [-0.1, -0.05) is 19.1 Å². The summed E-state index contributed by atoms with van der Waals surface area (Å²) in [6.07, 6.45) is 1.80. The van der Waals surface area contributed by atoms with Gasteiger partial charge in [0, 0.05) is 18.3 Å². The van der Waals surface area contributed by atoms with Crippen LogP contribution < -0.4 is 16.8 Å². The molecule has 142 valence electrons. The van der Waals surface area contributed by atoms with Crippen LogP contribution in [0.15, 0.2) is 24.3 Å². The number of hydrogen-bond acceptors (Lipinski definition) is 4. The molecular formula is C17H28Cl2N4O2. The minimum Gasteiger partial charge on any atom is -0.368 e. The van der Waals surface area contributed by atoms with Gasteiger partial charge < -0.3 is 16.8 Å². The van der Waals surface area contributed by atoms with Gasteiger partial charge in [-0.25, -0.2) is 0 Å². The molecule has 3 atom stereocenters. The van der Waals surface area contributed by atoms with E-state index in [2.05, 4.69) is 10.2 Å². The van der Waals surface area contributed by atoms with Crippen LogP contribution in [0.5, 0.6) is 0 Å². The van der Waals surface area contributed by atoms with Crippen LogP contribution in [-0.2, 0) is 16.1 Å². The van der Waals surface area contributed by atoms with Gasteiger partial charge in [0.1, 0.15) is 0 Å². The van der Waals surface area contributed by atoms with E-state index in [4.69, 9.17) is 11.5 Å². The standard InChI is InChI=1S/C17H26N4O2.2ClH/c1-11(12(2)18)17(23)20-14-6-3-5-13(9-14)10-21-8-4-7-15(21)16(19)22;;/h3,5-6,9,11-12,15H,4,7-8,10,18H2,1-2H3,(H2,19,22)(H,20,23);2*1H. The van der Waals surface area contributed by atoms with Crippen LogP contribution in [0.4, 0.5) is 5.69 Å². The van der Waals surface area contributed by atoms with Crippen molar-refractivity contribution >= 4 is 42.3 Å². The number of nitrogens with two attached hydrogens (primary N) is 2.